The summed E-state index contributed by atoms with van der Waals surface area (Å²) in [4.78, 5) is 9.54. The van der Waals surface area contributed by atoms with E-state index in [0.717, 1.165) is 13.0 Å². The van der Waals surface area contributed by atoms with Crippen LogP contribution in [0.2, 0.25) is 0 Å². The number of sulfonamides is 1. The summed E-state index contributed by atoms with van der Waals surface area (Å²) in [6, 6.07) is 0.443. The van der Waals surface area contributed by atoms with Crippen LogP contribution in [0.3, 0.4) is 0 Å². The molecule has 17 heavy (non-hydrogen) atoms. The highest BCUT2D eigenvalue weighted by Gasteiger charge is 2.24. The molecule has 0 amide bonds. The summed E-state index contributed by atoms with van der Waals surface area (Å²) in [7, 11) is -4.40. The van der Waals surface area contributed by atoms with Crippen molar-refractivity contribution in [2.24, 2.45) is 0 Å². The van der Waals surface area contributed by atoms with Gasteiger partial charge in [0, 0.05) is 0 Å². The van der Waals surface area contributed by atoms with Gasteiger partial charge in [-0.1, -0.05) is 0 Å². The Labute approximate surface area is 96.1 Å². The molecule has 0 aliphatic heterocycles. The molecule has 8 heteroatoms. The molecule has 94 valence electrons. The van der Waals surface area contributed by atoms with E-state index in [4.69, 9.17) is 5.11 Å². The Morgan fingerprint density at radius 2 is 2.00 bits per heavy atom. The van der Waals surface area contributed by atoms with Crippen LogP contribution in [0, 0.1) is 11.6 Å². The van der Waals surface area contributed by atoms with Crippen LogP contribution in [-0.2, 0) is 14.8 Å². The second-order valence-electron chi connectivity index (χ2n) is 3.26. The zero-order chi connectivity index (χ0) is 13.2. The predicted molar refractivity (Wildman–Crippen MR) is 53.8 cm³/mol. The average Bonchev–Trinajstić information content (AvgIpc) is 2.20. The molecule has 1 atom stereocenters. The van der Waals surface area contributed by atoms with Crippen LogP contribution in [0.15, 0.2) is 23.1 Å². The van der Waals surface area contributed by atoms with Crippen LogP contribution in [0.25, 0.3) is 0 Å². The van der Waals surface area contributed by atoms with Gasteiger partial charge in [-0.3, -0.25) is 4.79 Å². The minimum atomic E-state index is -4.40. The molecule has 1 aromatic carbocycles. The zero-order valence-electron chi connectivity index (χ0n) is 8.65. The third kappa shape index (κ3) is 3.21. The molecule has 1 rings (SSSR count). The molecule has 0 bridgehead atoms. The first-order chi connectivity index (χ1) is 7.74. The van der Waals surface area contributed by atoms with E-state index in [0.29, 0.717) is 12.1 Å². The Morgan fingerprint density at radius 1 is 1.41 bits per heavy atom. The molecular formula is C9H9F2NO4S. The number of carboxylic acids is 1. The number of halogens is 2. The Balaban J connectivity index is 3.13. The van der Waals surface area contributed by atoms with Crippen LogP contribution in [0.1, 0.15) is 6.92 Å². The molecule has 0 fully saturated rings. The Bertz CT molecular complexity index is 544. The lowest BCUT2D eigenvalue weighted by Gasteiger charge is -2.10. The zero-order valence-corrected chi connectivity index (χ0v) is 9.46. The van der Waals surface area contributed by atoms with Crippen molar-refractivity contribution in [1.82, 2.24) is 4.72 Å². The first-order valence-electron chi connectivity index (χ1n) is 4.44. The Morgan fingerprint density at radius 3 is 2.53 bits per heavy atom. The SMILES string of the molecule is C[C@H](NS(=O)(=O)c1cc(F)ccc1F)C(=O)O. The lowest BCUT2D eigenvalue weighted by Crippen LogP contribution is -2.38. The molecular weight excluding hydrogens is 256 g/mol. The van der Waals surface area contributed by atoms with Crippen molar-refractivity contribution >= 4 is 16.0 Å². The van der Waals surface area contributed by atoms with Crippen molar-refractivity contribution in [3.63, 3.8) is 0 Å². The maximum atomic E-state index is 13.2. The molecule has 0 heterocycles. The van der Waals surface area contributed by atoms with Gasteiger partial charge in [0.1, 0.15) is 22.6 Å². The molecule has 0 saturated carbocycles. The second-order valence-corrected chi connectivity index (χ2v) is 4.94. The summed E-state index contributed by atoms with van der Waals surface area (Å²) >= 11 is 0. The highest BCUT2D eigenvalue weighted by molar-refractivity contribution is 7.89. The topological polar surface area (TPSA) is 83.5 Å². The van der Waals surface area contributed by atoms with Crippen molar-refractivity contribution < 1.29 is 27.1 Å². The normalized spacial score (nSPS) is 13.4. The number of benzene rings is 1. The van der Waals surface area contributed by atoms with Crippen molar-refractivity contribution in [3.05, 3.63) is 29.8 Å². The van der Waals surface area contributed by atoms with Gasteiger partial charge in [0.05, 0.1) is 0 Å². The van der Waals surface area contributed by atoms with Gasteiger partial charge >= 0.3 is 5.97 Å². The van der Waals surface area contributed by atoms with E-state index >= 15 is 0 Å². The first kappa shape index (κ1) is 13.5. The molecule has 0 spiro atoms. The smallest absolute Gasteiger partial charge is 0.321 e. The average molecular weight is 265 g/mol. The summed E-state index contributed by atoms with van der Waals surface area (Å²) in [6.45, 7) is 1.07. The monoisotopic (exact) mass is 265 g/mol. The lowest BCUT2D eigenvalue weighted by molar-refractivity contribution is -0.138. The highest BCUT2D eigenvalue weighted by atomic mass is 32.2. The molecule has 0 saturated heterocycles. The van der Waals surface area contributed by atoms with Gasteiger partial charge in [-0.25, -0.2) is 17.2 Å². The van der Waals surface area contributed by atoms with Gasteiger partial charge in [-0.2, -0.15) is 4.72 Å². The van der Waals surface area contributed by atoms with E-state index in [2.05, 4.69) is 0 Å². The van der Waals surface area contributed by atoms with Gasteiger partial charge in [-0.05, 0) is 25.1 Å². The summed E-state index contributed by atoms with van der Waals surface area (Å²) in [5, 5.41) is 8.52. The van der Waals surface area contributed by atoms with Crippen molar-refractivity contribution in [2.75, 3.05) is 0 Å². The van der Waals surface area contributed by atoms with Crippen molar-refractivity contribution in [3.8, 4) is 0 Å². The summed E-state index contributed by atoms with van der Waals surface area (Å²) in [6.07, 6.45) is 0. The molecule has 5 nitrogen and oxygen atoms in total. The van der Waals surface area contributed by atoms with E-state index in [-0.39, 0.29) is 0 Å². The third-order valence-corrected chi connectivity index (χ3v) is 3.44. The van der Waals surface area contributed by atoms with Crippen LogP contribution in [0.5, 0.6) is 0 Å². The van der Waals surface area contributed by atoms with Crippen LogP contribution >= 0.6 is 0 Å². The van der Waals surface area contributed by atoms with E-state index in [9.17, 15) is 22.0 Å². The molecule has 0 aliphatic rings. The van der Waals surface area contributed by atoms with Crippen LogP contribution in [0.4, 0.5) is 8.78 Å². The van der Waals surface area contributed by atoms with E-state index in [1.54, 1.807) is 4.72 Å². The maximum Gasteiger partial charge on any atom is 0.321 e. The number of nitrogens with one attached hydrogen (secondary N) is 1. The summed E-state index contributed by atoms with van der Waals surface area (Å²) in [5.74, 6) is -3.52. The van der Waals surface area contributed by atoms with Gasteiger partial charge in [0.15, 0.2) is 0 Å². The van der Waals surface area contributed by atoms with Crippen LogP contribution in [-0.4, -0.2) is 25.5 Å². The largest absolute Gasteiger partial charge is 0.480 e. The number of carboxylic acid groups (broad SMARTS) is 1. The summed E-state index contributed by atoms with van der Waals surface area (Å²) < 4.78 is 50.8. The fraction of sp³-hybridized carbons (Fsp3) is 0.222. The quantitative estimate of drug-likeness (QED) is 0.840. The van der Waals surface area contributed by atoms with E-state index in [1.165, 1.54) is 0 Å². The Kier molecular flexibility index (Phi) is 3.79. The van der Waals surface area contributed by atoms with Gasteiger partial charge < -0.3 is 5.11 Å². The molecule has 1 aromatic rings. The molecule has 2 N–H and O–H groups in total. The fourth-order valence-electron chi connectivity index (χ4n) is 1.03. The number of hydrogen-bond donors (Lipinski definition) is 2. The molecule has 0 radical (unpaired) electrons. The van der Waals surface area contributed by atoms with E-state index in [1.807, 2.05) is 0 Å². The number of hydrogen-bond acceptors (Lipinski definition) is 3. The molecule has 0 unspecified atom stereocenters. The highest BCUT2D eigenvalue weighted by Crippen LogP contribution is 2.15. The second kappa shape index (κ2) is 4.76. The molecule has 0 aromatic heterocycles. The fourth-order valence-corrected chi connectivity index (χ4v) is 2.32. The van der Waals surface area contributed by atoms with Crippen LogP contribution < -0.4 is 4.72 Å². The lowest BCUT2D eigenvalue weighted by atomic mass is 10.3. The van der Waals surface area contributed by atoms with Gasteiger partial charge in [0.2, 0.25) is 10.0 Å². The van der Waals surface area contributed by atoms with E-state index < -0.39 is 38.6 Å². The molecule has 0 aliphatic carbocycles. The minimum absolute atomic E-state index is 0.478. The minimum Gasteiger partial charge on any atom is -0.480 e. The Hall–Kier alpha value is -1.54. The van der Waals surface area contributed by atoms with Gasteiger partial charge in [-0.15, -0.1) is 0 Å². The van der Waals surface area contributed by atoms with Crippen molar-refractivity contribution in [1.29, 1.82) is 0 Å². The number of carbonyl (C=O) groups is 1. The first-order valence-corrected chi connectivity index (χ1v) is 5.92. The maximum absolute atomic E-state index is 13.2. The number of rotatable bonds is 4. The third-order valence-electron chi connectivity index (χ3n) is 1.89. The predicted octanol–water partition coefficient (Wildman–Crippen LogP) is 0.716. The standard InChI is InChI=1S/C9H9F2NO4S/c1-5(9(13)14)12-17(15,16)8-4-6(10)2-3-7(8)11/h2-5,12H,1H3,(H,13,14)/t5-/m0/s1. The number of aliphatic carboxylic acids is 1. The summed E-state index contributed by atoms with van der Waals surface area (Å²) in [5.41, 5.74) is 0. The van der Waals surface area contributed by atoms with Gasteiger partial charge in [0.25, 0.3) is 0 Å². The van der Waals surface area contributed by atoms with Crippen molar-refractivity contribution in [2.45, 2.75) is 17.9 Å².